The Balaban J connectivity index is 1.78. The minimum Gasteiger partial charge on any atom is -0.469 e. The summed E-state index contributed by atoms with van der Waals surface area (Å²) in [6.45, 7) is 2.13. The van der Waals surface area contributed by atoms with Crippen LogP contribution in [0.5, 0.6) is 0 Å². The minimum atomic E-state index is -0.276. The van der Waals surface area contributed by atoms with Crippen molar-refractivity contribution in [1.82, 2.24) is 0 Å². The highest BCUT2D eigenvalue weighted by molar-refractivity contribution is 5.77. The maximum absolute atomic E-state index is 12.3. The second-order valence-corrected chi connectivity index (χ2v) is 7.35. The summed E-state index contributed by atoms with van der Waals surface area (Å²) >= 11 is 0. The Hall–Kier alpha value is -1.05. The summed E-state index contributed by atoms with van der Waals surface area (Å²) in [5.41, 5.74) is 1.22. The Morgan fingerprint density at radius 1 is 1.29 bits per heavy atom. The van der Waals surface area contributed by atoms with Gasteiger partial charge in [-0.1, -0.05) is 31.1 Å². The molecule has 0 amide bonds. The number of hydrogen-bond acceptors (Lipinski definition) is 2. The zero-order chi connectivity index (χ0) is 14.9. The van der Waals surface area contributed by atoms with Gasteiger partial charge >= 0.3 is 5.97 Å². The van der Waals surface area contributed by atoms with E-state index < -0.39 is 0 Å². The molecule has 0 spiro atoms. The van der Waals surface area contributed by atoms with E-state index in [0.717, 1.165) is 31.6 Å². The number of rotatable bonds is 3. The molecule has 116 valence electrons. The normalized spacial score (nSPS) is 36.8. The molecule has 0 bridgehead atoms. The maximum atomic E-state index is 12.3. The molecule has 2 fully saturated rings. The second-order valence-electron chi connectivity index (χ2n) is 7.35. The molecule has 0 radical (unpaired) electrons. The number of methoxy groups -OCH3 is 1. The molecule has 0 aliphatic heterocycles. The number of esters is 1. The number of carbonyl (C=O) groups is 1. The van der Waals surface area contributed by atoms with Crippen molar-refractivity contribution in [2.24, 2.45) is 23.2 Å². The highest BCUT2D eigenvalue weighted by atomic mass is 16.5. The predicted molar refractivity (Wildman–Crippen MR) is 84.8 cm³/mol. The van der Waals surface area contributed by atoms with Crippen LogP contribution in [0.25, 0.3) is 0 Å². The fourth-order valence-corrected chi connectivity index (χ4v) is 4.58. The maximum Gasteiger partial charge on any atom is 0.311 e. The first-order valence-corrected chi connectivity index (χ1v) is 8.62. The molecule has 21 heavy (non-hydrogen) atoms. The lowest BCUT2D eigenvalue weighted by atomic mass is 9.57. The van der Waals surface area contributed by atoms with Crippen molar-refractivity contribution in [3.05, 3.63) is 23.8 Å². The van der Waals surface area contributed by atoms with Gasteiger partial charge in [-0.05, 0) is 68.8 Å². The molecule has 0 saturated heterocycles. The molecule has 2 heteroatoms. The van der Waals surface area contributed by atoms with Crippen LogP contribution in [0.15, 0.2) is 23.8 Å². The molecule has 2 saturated carbocycles. The van der Waals surface area contributed by atoms with Crippen molar-refractivity contribution in [1.29, 1.82) is 0 Å². The summed E-state index contributed by atoms with van der Waals surface area (Å²) in [6, 6.07) is 0. The molecule has 3 aliphatic carbocycles. The fraction of sp³-hybridized carbons (Fsp3) is 0.737. The molecule has 3 aliphatic rings. The van der Waals surface area contributed by atoms with Crippen LogP contribution >= 0.6 is 0 Å². The molecule has 2 unspecified atom stereocenters. The zero-order valence-electron chi connectivity index (χ0n) is 13.4. The Kier molecular flexibility index (Phi) is 4.24. The number of ether oxygens (including phenoxy) is 1. The van der Waals surface area contributed by atoms with Gasteiger partial charge in [0.15, 0.2) is 0 Å². The summed E-state index contributed by atoms with van der Waals surface area (Å²) < 4.78 is 5.13. The molecule has 3 atom stereocenters. The third kappa shape index (κ3) is 2.69. The molecule has 0 aromatic rings. The highest BCUT2D eigenvalue weighted by Gasteiger charge is 2.49. The smallest absolute Gasteiger partial charge is 0.311 e. The van der Waals surface area contributed by atoms with Crippen molar-refractivity contribution >= 4 is 5.97 Å². The Bertz CT molecular complexity index is 458. The average Bonchev–Trinajstić information content (AvgIpc) is 2.45. The lowest BCUT2D eigenvalue weighted by molar-refractivity contribution is -0.159. The first-order chi connectivity index (χ1) is 10.1. The van der Waals surface area contributed by atoms with Crippen LogP contribution in [0.4, 0.5) is 0 Å². The van der Waals surface area contributed by atoms with E-state index in [9.17, 15) is 4.79 Å². The largest absolute Gasteiger partial charge is 0.469 e. The SMILES string of the molecule is COC(=O)[C@]1(C)CCCC2C(/C=C/C3CCC3)=CCCC21. The lowest BCUT2D eigenvalue weighted by Crippen LogP contribution is -2.45. The Labute approximate surface area is 128 Å². The van der Waals surface area contributed by atoms with Crippen LogP contribution in [0.2, 0.25) is 0 Å². The van der Waals surface area contributed by atoms with E-state index in [1.54, 1.807) is 0 Å². The van der Waals surface area contributed by atoms with Gasteiger partial charge in [-0.3, -0.25) is 4.79 Å². The summed E-state index contributed by atoms with van der Waals surface area (Å²) in [6.07, 6.45) is 16.9. The molecule has 0 aromatic carbocycles. The van der Waals surface area contributed by atoms with Crippen LogP contribution in [0.3, 0.4) is 0 Å². The van der Waals surface area contributed by atoms with E-state index >= 15 is 0 Å². The van der Waals surface area contributed by atoms with E-state index in [-0.39, 0.29) is 11.4 Å². The van der Waals surface area contributed by atoms with Crippen LogP contribution in [-0.2, 0) is 9.53 Å². The van der Waals surface area contributed by atoms with Gasteiger partial charge in [0.25, 0.3) is 0 Å². The Morgan fingerprint density at radius 3 is 2.76 bits per heavy atom. The summed E-state index contributed by atoms with van der Waals surface area (Å²) in [5.74, 6) is 1.83. The van der Waals surface area contributed by atoms with Gasteiger partial charge < -0.3 is 4.74 Å². The van der Waals surface area contributed by atoms with Crippen LogP contribution in [0, 0.1) is 23.2 Å². The average molecular weight is 288 g/mol. The summed E-state index contributed by atoms with van der Waals surface area (Å²) in [7, 11) is 1.53. The molecule has 0 heterocycles. The van der Waals surface area contributed by atoms with E-state index in [4.69, 9.17) is 4.74 Å². The molecule has 0 aromatic heterocycles. The van der Waals surface area contributed by atoms with Gasteiger partial charge in [0.2, 0.25) is 0 Å². The van der Waals surface area contributed by atoms with Crippen molar-refractivity contribution in [2.75, 3.05) is 7.11 Å². The van der Waals surface area contributed by atoms with E-state index in [0.29, 0.717) is 11.8 Å². The molecular formula is C19H28O2. The van der Waals surface area contributed by atoms with Crippen molar-refractivity contribution < 1.29 is 9.53 Å². The second kappa shape index (κ2) is 5.98. The quantitative estimate of drug-likeness (QED) is 0.706. The van der Waals surface area contributed by atoms with Gasteiger partial charge in [0, 0.05) is 0 Å². The molecule has 3 rings (SSSR count). The van der Waals surface area contributed by atoms with Gasteiger partial charge in [0.1, 0.15) is 0 Å². The lowest BCUT2D eigenvalue weighted by Gasteiger charge is -2.46. The van der Waals surface area contributed by atoms with Gasteiger partial charge in [0.05, 0.1) is 12.5 Å². The van der Waals surface area contributed by atoms with Gasteiger partial charge in [-0.2, -0.15) is 0 Å². The number of hydrogen-bond donors (Lipinski definition) is 0. The third-order valence-corrected chi connectivity index (χ3v) is 6.16. The minimum absolute atomic E-state index is 0.00132. The predicted octanol–water partition coefficient (Wildman–Crippen LogP) is 4.66. The molecule has 0 N–H and O–H groups in total. The zero-order valence-corrected chi connectivity index (χ0v) is 13.4. The number of carbonyl (C=O) groups excluding carboxylic acids is 1. The molecular weight excluding hydrogens is 260 g/mol. The standard InChI is InChI=1S/C19H28O2/c1-19(18(20)21-2)13-5-9-16-15(8-4-10-17(16)19)12-11-14-6-3-7-14/h8,11-12,14,16-17H,3-7,9-10,13H2,1-2H3/b12-11+/t16?,17?,19-/m1/s1. The topological polar surface area (TPSA) is 26.3 Å². The van der Waals surface area contributed by atoms with Crippen LogP contribution in [0.1, 0.15) is 58.3 Å². The first kappa shape index (κ1) is 14.9. The van der Waals surface area contributed by atoms with Crippen molar-refractivity contribution in [3.63, 3.8) is 0 Å². The fourth-order valence-electron chi connectivity index (χ4n) is 4.58. The van der Waals surface area contributed by atoms with Gasteiger partial charge in [-0.25, -0.2) is 0 Å². The monoisotopic (exact) mass is 288 g/mol. The molecule has 2 nitrogen and oxygen atoms in total. The third-order valence-electron chi connectivity index (χ3n) is 6.16. The van der Waals surface area contributed by atoms with E-state index in [1.165, 1.54) is 38.4 Å². The first-order valence-electron chi connectivity index (χ1n) is 8.62. The van der Waals surface area contributed by atoms with Crippen LogP contribution < -0.4 is 0 Å². The summed E-state index contributed by atoms with van der Waals surface area (Å²) in [4.78, 5) is 12.3. The van der Waals surface area contributed by atoms with Crippen molar-refractivity contribution in [3.8, 4) is 0 Å². The van der Waals surface area contributed by atoms with E-state index in [1.807, 2.05) is 0 Å². The van der Waals surface area contributed by atoms with Crippen molar-refractivity contribution in [2.45, 2.75) is 58.3 Å². The number of fused-ring (bicyclic) bond motifs is 1. The van der Waals surface area contributed by atoms with E-state index in [2.05, 4.69) is 25.2 Å². The Morgan fingerprint density at radius 2 is 2.10 bits per heavy atom. The van der Waals surface area contributed by atoms with Crippen LogP contribution in [-0.4, -0.2) is 13.1 Å². The highest BCUT2D eigenvalue weighted by Crippen LogP contribution is 2.52. The van der Waals surface area contributed by atoms with Gasteiger partial charge in [-0.15, -0.1) is 0 Å². The number of allylic oxidation sites excluding steroid dienone is 4. The summed E-state index contributed by atoms with van der Waals surface area (Å²) in [5, 5.41) is 0.